The lowest BCUT2D eigenvalue weighted by Crippen LogP contribution is -2.41. The fourth-order valence-corrected chi connectivity index (χ4v) is 5.56. The minimum Gasteiger partial charge on any atom is -0.353 e. The highest BCUT2D eigenvalue weighted by molar-refractivity contribution is 7.89. The van der Waals surface area contributed by atoms with Crippen LogP contribution in [0.1, 0.15) is 37.7 Å². The first-order valence-electron chi connectivity index (χ1n) is 12.1. The highest BCUT2D eigenvalue weighted by Crippen LogP contribution is 2.23. The summed E-state index contributed by atoms with van der Waals surface area (Å²) in [5, 5.41) is 3.81. The van der Waals surface area contributed by atoms with Crippen molar-refractivity contribution >= 4 is 45.2 Å². The second-order valence-corrected chi connectivity index (χ2v) is 11.6. The second-order valence-electron chi connectivity index (χ2n) is 8.97. The monoisotopic (exact) mass is 555 g/mol. The van der Waals surface area contributed by atoms with Gasteiger partial charge >= 0.3 is 0 Å². The van der Waals surface area contributed by atoms with Crippen molar-refractivity contribution in [3.05, 3.63) is 70.0 Å². The van der Waals surface area contributed by atoms with Gasteiger partial charge < -0.3 is 10.2 Å². The van der Waals surface area contributed by atoms with Gasteiger partial charge in [0.05, 0.1) is 14.9 Å². The minimum atomic E-state index is -3.64. The number of hydrogen-bond acceptors (Lipinski definition) is 4. The lowest BCUT2D eigenvalue weighted by molar-refractivity contribution is -0.116. The molecule has 2 N–H and O–H groups in total. The number of rotatable bonds is 12. The van der Waals surface area contributed by atoms with Crippen LogP contribution >= 0.6 is 23.2 Å². The summed E-state index contributed by atoms with van der Waals surface area (Å²) >= 11 is 11.9. The highest BCUT2D eigenvalue weighted by atomic mass is 35.5. The van der Waals surface area contributed by atoms with E-state index >= 15 is 0 Å². The van der Waals surface area contributed by atoms with Gasteiger partial charge in [0.15, 0.2) is 0 Å². The zero-order chi connectivity index (χ0) is 26.0. The van der Waals surface area contributed by atoms with Crippen molar-refractivity contribution < 1.29 is 17.6 Å². The summed E-state index contributed by atoms with van der Waals surface area (Å²) < 4.78 is 40.6. The molecule has 1 saturated heterocycles. The minimum absolute atomic E-state index is 0.0773. The highest BCUT2D eigenvalue weighted by Gasteiger charge is 2.22. The number of nitrogens with one attached hydrogen (secondary N) is 2. The van der Waals surface area contributed by atoms with Crippen LogP contribution in [-0.4, -0.2) is 51.9 Å². The molecule has 0 radical (unpaired) electrons. The third-order valence-electron chi connectivity index (χ3n) is 6.11. The number of hydrogen-bond donors (Lipinski definition) is 2. The molecule has 0 spiro atoms. The Kier molecular flexibility index (Phi) is 11.2. The van der Waals surface area contributed by atoms with E-state index in [-0.39, 0.29) is 16.7 Å². The fourth-order valence-electron chi connectivity index (χ4n) is 4.14. The SMILES string of the molecule is O=C(/C=C/c1ccc(Cl)c(Cl)c1)NCCCCCN1CCCC(CNS(=O)(=O)c2ccc(F)cc2)C1. The summed E-state index contributed by atoms with van der Waals surface area (Å²) in [5.74, 6) is -0.366. The van der Waals surface area contributed by atoms with Crippen molar-refractivity contribution in [2.75, 3.05) is 32.7 Å². The third kappa shape index (κ3) is 9.48. The lowest BCUT2D eigenvalue weighted by atomic mass is 9.98. The standard InChI is InChI=1S/C26H32Cl2FN3O3S/c27-24-12-6-20(17-25(24)28)7-13-26(33)30-14-2-1-3-15-32-16-4-5-21(19-32)18-31-36(34,35)23-10-8-22(29)9-11-23/h6-13,17,21,31H,1-5,14-16,18-19H2,(H,30,33)/b13-7+. The normalized spacial score (nSPS) is 16.9. The molecule has 0 saturated carbocycles. The smallest absolute Gasteiger partial charge is 0.243 e. The van der Waals surface area contributed by atoms with E-state index in [0.717, 1.165) is 69.4 Å². The van der Waals surface area contributed by atoms with E-state index in [1.807, 2.05) is 0 Å². The summed E-state index contributed by atoms with van der Waals surface area (Å²) in [4.78, 5) is 14.4. The number of likely N-dealkylation sites (tertiary alicyclic amines) is 1. The van der Waals surface area contributed by atoms with Gasteiger partial charge in [0, 0.05) is 25.7 Å². The Balaban J connectivity index is 1.29. The molecular formula is C26H32Cl2FN3O3S. The van der Waals surface area contributed by atoms with E-state index in [4.69, 9.17) is 23.2 Å². The fraction of sp³-hybridized carbons (Fsp3) is 0.423. The molecule has 1 unspecified atom stereocenters. The Morgan fingerprint density at radius 2 is 1.86 bits per heavy atom. The van der Waals surface area contributed by atoms with Gasteiger partial charge in [-0.2, -0.15) is 0 Å². The number of nitrogens with zero attached hydrogens (tertiary/aromatic N) is 1. The number of piperidine rings is 1. The number of carbonyl (C=O) groups is 1. The molecule has 1 atom stereocenters. The topological polar surface area (TPSA) is 78.5 Å². The molecule has 1 aliphatic heterocycles. The maximum atomic E-state index is 13.1. The summed E-state index contributed by atoms with van der Waals surface area (Å²) in [6, 6.07) is 10.0. The molecule has 0 bridgehead atoms. The Labute approximate surface area is 222 Å². The second kappa shape index (κ2) is 14.1. The molecule has 10 heteroatoms. The van der Waals surface area contributed by atoms with Crippen molar-refractivity contribution in [2.45, 2.75) is 37.0 Å². The number of benzene rings is 2. The Morgan fingerprint density at radius 3 is 2.61 bits per heavy atom. The predicted molar refractivity (Wildman–Crippen MR) is 143 cm³/mol. The van der Waals surface area contributed by atoms with Crippen LogP contribution in [0.15, 0.2) is 53.4 Å². The first-order chi connectivity index (χ1) is 17.2. The van der Waals surface area contributed by atoms with E-state index in [2.05, 4.69) is 14.9 Å². The van der Waals surface area contributed by atoms with Gasteiger partial charge in [-0.25, -0.2) is 17.5 Å². The van der Waals surface area contributed by atoms with Crippen LogP contribution in [0.2, 0.25) is 10.0 Å². The van der Waals surface area contributed by atoms with Crippen molar-refractivity contribution in [3.63, 3.8) is 0 Å². The summed E-state index contributed by atoms with van der Waals surface area (Å²) in [7, 11) is -3.64. The molecule has 6 nitrogen and oxygen atoms in total. The largest absolute Gasteiger partial charge is 0.353 e. The van der Waals surface area contributed by atoms with Crippen LogP contribution in [0.4, 0.5) is 4.39 Å². The lowest BCUT2D eigenvalue weighted by Gasteiger charge is -2.32. The van der Waals surface area contributed by atoms with Crippen LogP contribution in [0, 0.1) is 11.7 Å². The zero-order valence-electron chi connectivity index (χ0n) is 20.1. The van der Waals surface area contributed by atoms with Gasteiger partial charge in [-0.1, -0.05) is 35.7 Å². The predicted octanol–water partition coefficient (Wildman–Crippen LogP) is 5.12. The van der Waals surface area contributed by atoms with Crippen molar-refractivity contribution in [2.24, 2.45) is 5.92 Å². The molecule has 0 aliphatic carbocycles. The number of carbonyl (C=O) groups excluding carboxylic acids is 1. The first kappa shape index (κ1) is 28.6. The van der Waals surface area contributed by atoms with Crippen LogP contribution in [0.25, 0.3) is 6.08 Å². The molecule has 1 amide bonds. The van der Waals surface area contributed by atoms with Crippen LogP contribution in [-0.2, 0) is 14.8 Å². The number of sulfonamides is 1. The quantitative estimate of drug-likeness (QED) is 0.281. The van der Waals surface area contributed by atoms with E-state index in [9.17, 15) is 17.6 Å². The number of unbranched alkanes of at least 4 members (excludes halogenated alkanes) is 2. The van der Waals surface area contributed by atoms with Crippen molar-refractivity contribution in [3.8, 4) is 0 Å². The van der Waals surface area contributed by atoms with E-state index in [1.165, 1.54) is 18.2 Å². The molecule has 3 rings (SSSR count). The molecular weight excluding hydrogens is 524 g/mol. The molecule has 1 aliphatic rings. The molecule has 196 valence electrons. The van der Waals surface area contributed by atoms with Crippen LogP contribution < -0.4 is 10.0 Å². The summed E-state index contributed by atoms with van der Waals surface area (Å²) in [6.07, 6.45) is 8.09. The zero-order valence-corrected chi connectivity index (χ0v) is 22.4. The van der Waals surface area contributed by atoms with E-state index < -0.39 is 15.8 Å². The van der Waals surface area contributed by atoms with Crippen LogP contribution in [0.5, 0.6) is 0 Å². The Morgan fingerprint density at radius 1 is 1.08 bits per heavy atom. The van der Waals surface area contributed by atoms with Crippen molar-refractivity contribution in [1.82, 2.24) is 14.9 Å². The Bertz CT molecular complexity index is 1140. The first-order valence-corrected chi connectivity index (χ1v) is 14.4. The maximum absolute atomic E-state index is 13.1. The third-order valence-corrected chi connectivity index (χ3v) is 8.29. The van der Waals surface area contributed by atoms with E-state index in [1.54, 1.807) is 24.3 Å². The molecule has 2 aromatic rings. The van der Waals surface area contributed by atoms with Crippen LogP contribution in [0.3, 0.4) is 0 Å². The van der Waals surface area contributed by atoms with Gasteiger partial charge in [0.25, 0.3) is 0 Å². The molecule has 1 heterocycles. The van der Waals surface area contributed by atoms with Gasteiger partial charge in [0.1, 0.15) is 5.82 Å². The number of amides is 1. The van der Waals surface area contributed by atoms with Gasteiger partial charge in [-0.05, 0) is 92.7 Å². The average Bonchev–Trinajstić information content (AvgIpc) is 2.86. The number of halogens is 3. The van der Waals surface area contributed by atoms with Gasteiger partial charge in [-0.3, -0.25) is 4.79 Å². The molecule has 36 heavy (non-hydrogen) atoms. The summed E-state index contributed by atoms with van der Waals surface area (Å²) in [5.41, 5.74) is 0.808. The van der Waals surface area contributed by atoms with E-state index in [0.29, 0.717) is 23.1 Å². The molecule has 1 fully saturated rings. The maximum Gasteiger partial charge on any atom is 0.243 e. The average molecular weight is 557 g/mol. The molecule has 0 aromatic heterocycles. The van der Waals surface area contributed by atoms with Gasteiger partial charge in [0.2, 0.25) is 15.9 Å². The Hall–Kier alpha value is -1.97. The van der Waals surface area contributed by atoms with Crippen molar-refractivity contribution in [1.29, 1.82) is 0 Å². The molecule has 2 aromatic carbocycles. The van der Waals surface area contributed by atoms with Gasteiger partial charge in [-0.15, -0.1) is 0 Å². The summed E-state index contributed by atoms with van der Waals surface area (Å²) in [6.45, 7) is 3.79.